The van der Waals surface area contributed by atoms with Crippen LogP contribution in [0.25, 0.3) is 0 Å². The molecular formula is C14H13BrFN. The van der Waals surface area contributed by atoms with E-state index in [1.54, 1.807) is 6.07 Å². The molecule has 0 saturated carbocycles. The van der Waals surface area contributed by atoms with Crippen LogP contribution in [0.3, 0.4) is 0 Å². The van der Waals surface area contributed by atoms with Crippen molar-refractivity contribution >= 4 is 21.6 Å². The maximum atomic E-state index is 13.7. The molecule has 0 aliphatic carbocycles. The van der Waals surface area contributed by atoms with Crippen LogP contribution >= 0.6 is 15.9 Å². The summed E-state index contributed by atoms with van der Waals surface area (Å²) in [6.45, 7) is 1.94. The molecule has 2 aromatic rings. The van der Waals surface area contributed by atoms with Gasteiger partial charge < -0.3 is 5.32 Å². The Labute approximate surface area is 109 Å². The molecule has 17 heavy (non-hydrogen) atoms. The first kappa shape index (κ1) is 12.1. The van der Waals surface area contributed by atoms with Crippen molar-refractivity contribution < 1.29 is 4.39 Å². The zero-order valence-corrected chi connectivity index (χ0v) is 11.0. The molecule has 1 N–H and O–H groups in total. The van der Waals surface area contributed by atoms with E-state index in [1.165, 1.54) is 6.07 Å². The fourth-order valence-corrected chi connectivity index (χ4v) is 2.05. The summed E-state index contributed by atoms with van der Waals surface area (Å²) in [7, 11) is 0. The summed E-state index contributed by atoms with van der Waals surface area (Å²) in [5, 5.41) is 3.26. The van der Waals surface area contributed by atoms with Gasteiger partial charge in [-0.3, -0.25) is 0 Å². The second-order valence-electron chi connectivity index (χ2n) is 3.90. The minimum atomic E-state index is -0.199. The lowest BCUT2D eigenvalue weighted by molar-refractivity contribution is 0.599. The van der Waals surface area contributed by atoms with Gasteiger partial charge in [-0.25, -0.2) is 4.39 Å². The van der Waals surface area contributed by atoms with Gasteiger partial charge in [0, 0.05) is 15.7 Å². The first-order valence-electron chi connectivity index (χ1n) is 5.43. The van der Waals surface area contributed by atoms with Gasteiger partial charge >= 0.3 is 0 Å². The van der Waals surface area contributed by atoms with Gasteiger partial charge in [0.25, 0.3) is 0 Å². The molecule has 0 fully saturated rings. The van der Waals surface area contributed by atoms with Crippen LogP contribution in [-0.2, 0) is 0 Å². The molecule has 0 amide bonds. The minimum Gasteiger partial charge on any atom is -0.378 e. The van der Waals surface area contributed by atoms with E-state index >= 15 is 0 Å². The molecule has 0 aromatic heterocycles. The average Bonchev–Trinajstić information content (AvgIpc) is 2.30. The molecule has 1 nitrogen and oxygen atoms in total. The van der Waals surface area contributed by atoms with Crippen LogP contribution in [0, 0.1) is 5.82 Å². The van der Waals surface area contributed by atoms with Crippen molar-refractivity contribution in [2.45, 2.75) is 13.0 Å². The number of rotatable bonds is 3. The Balaban J connectivity index is 2.17. The van der Waals surface area contributed by atoms with Crippen LogP contribution in [0.1, 0.15) is 18.5 Å². The fourth-order valence-electron chi connectivity index (χ4n) is 1.71. The SMILES string of the molecule is CC(Nc1ccccc1)c1ccc(Br)cc1F. The van der Waals surface area contributed by atoms with E-state index in [-0.39, 0.29) is 11.9 Å². The summed E-state index contributed by atoms with van der Waals surface area (Å²) in [6.07, 6.45) is 0. The van der Waals surface area contributed by atoms with E-state index in [2.05, 4.69) is 21.2 Å². The maximum absolute atomic E-state index is 13.7. The number of para-hydroxylation sites is 1. The van der Waals surface area contributed by atoms with Gasteiger partial charge in [-0.05, 0) is 31.2 Å². The first-order chi connectivity index (χ1) is 8.16. The largest absolute Gasteiger partial charge is 0.378 e. The van der Waals surface area contributed by atoms with Crippen molar-refractivity contribution in [1.82, 2.24) is 0 Å². The molecule has 2 aromatic carbocycles. The molecule has 1 unspecified atom stereocenters. The normalized spacial score (nSPS) is 12.2. The Kier molecular flexibility index (Phi) is 3.79. The number of nitrogens with one attached hydrogen (secondary N) is 1. The van der Waals surface area contributed by atoms with Crippen LogP contribution in [-0.4, -0.2) is 0 Å². The van der Waals surface area contributed by atoms with Gasteiger partial charge in [0.15, 0.2) is 0 Å². The van der Waals surface area contributed by atoms with Gasteiger partial charge in [0.2, 0.25) is 0 Å². The Hall–Kier alpha value is -1.35. The number of anilines is 1. The van der Waals surface area contributed by atoms with E-state index in [9.17, 15) is 4.39 Å². The Bertz CT molecular complexity index is 499. The van der Waals surface area contributed by atoms with E-state index < -0.39 is 0 Å². The molecule has 0 spiro atoms. The molecule has 0 heterocycles. The Morgan fingerprint density at radius 2 is 1.82 bits per heavy atom. The van der Waals surface area contributed by atoms with Crippen molar-refractivity contribution in [3.05, 3.63) is 64.4 Å². The second kappa shape index (κ2) is 5.32. The number of halogens is 2. The summed E-state index contributed by atoms with van der Waals surface area (Å²) < 4.78 is 14.5. The Morgan fingerprint density at radius 3 is 2.47 bits per heavy atom. The molecule has 88 valence electrons. The highest BCUT2D eigenvalue weighted by atomic mass is 79.9. The highest BCUT2D eigenvalue weighted by Gasteiger charge is 2.10. The van der Waals surface area contributed by atoms with Gasteiger partial charge in [0.1, 0.15) is 5.82 Å². The first-order valence-corrected chi connectivity index (χ1v) is 6.22. The minimum absolute atomic E-state index is 0.0644. The second-order valence-corrected chi connectivity index (χ2v) is 4.81. The third kappa shape index (κ3) is 3.07. The monoisotopic (exact) mass is 293 g/mol. The van der Waals surface area contributed by atoms with Crippen LogP contribution in [0.2, 0.25) is 0 Å². The lowest BCUT2D eigenvalue weighted by atomic mass is 10.1. The molecule has 1 atom stereocenters. The number of hydrogen-bond donors (Lipinski definition) is 1. The zero-order valence-electron chi connectivity index (χ0n) is 9.45. The number of hydrogen-bond acceptors (Lipinski definition) is 1. The van der Waals surface area contributed by atoms with E-state index in [0.717, 1.165) is 10.2 Å². The van der Waals surface area contributed by atoms with Gasteiger partial charge in [-0.2, -0.15) is 0 Å². The number of benzene rings is 2. The maximum Gasteiger partial charge on any atom is 0.129 e. The van der Waals surface area contributed by atoms with Crippen molar-refractivity contribution in [2.75, 3.05) is 5.32 Å². The van der Waals surface area contributed by atoms with E-state index in [4.69, 9.17) is 0 Å². The standard InChI is InChI=1S/C14H13BrFN/c1-10(17-12-5-3-2-4-6-12)13-8-7-11(15)9-14(13)16/h2-10,17H,1H3. The van der Waals surface area contributed by atoms with Crippen LogP contribution in [0.5, 0.6) is 0 Å². The van der Waals surface area contributed by atoms with Gasteiger partial charge in [-0.15, -0.1) is 0 Å². The average molecular weight is 294 g/mol. The Morgan fingerprint density at radius 1 is 1.12 bits per heavy atom. The molecule has 0 bridgehead atoms. The molecule has 0 saturated heterocycles. The lowest BCUT2D eigenvalue weighted by Crippen LogP contribution is -2.08. The van der Waals surface area contributed by atoms with Crippen molar-refractivity contribution in [3.63, 3.8) is 0 Å². The summed E-state index contributed by atoms with van der Waals surface area (Å²) in [5.41, 5.74) is 1.65. The highest BCUT2D eigenvalue weighted by molar-refractivity contribution is 9.10. The quantitative estimate of drug-likeness (QED) is 0.860. The topological polar surface area (TPSA) is 12.0 Å². The molecule has 3 heteroatoms. The van der Waals surface area contributed by atoms with E-state index in [1.807, 2.05) is 43.3 Å². The molecular weight excluding hydrogens is 281 g/mol. The summed E-state index contributed by atoms with van der Waals surface area (Å²) in [4.78, 5) is 0. The van der Waals surface area contributed by atoms with Crippen molar-refractivity contribution in [2.24, 2.45) is 0 Å². The van der Waals surface area contributed by atoms with Crippen molar-refractivity contribution in [3.8, 4) is 0 Å². The third-order valence-electron chi connectivity index (χ3n) is 2.59. The summed E-state index contributed by atoms with van der Waals surface area (Å²) in [5.74, 6) is -0.199. The smallest absolute Gasteiger partial charge is 0.129 e. The van der Waals surface area contributed by atoms with Crippen LogP contribution < -0.4 is 5.32 Å². The third-order valence-corrected chi connectivity index (χ3v) is 3.08. The van der Waals surface area contributed by atoms with E-state index in [0.29, 0.717) is 5.56 Å². The molecule has 2 rings (SSSR count). The fraction of sp³-hybridized carbons (Fsp3) is 0.143. The zero-order chi connectivity index (χ0) is 12.3. The van der Waals surface area contributed by atoms with Gasteiger partial charge in [-0.1, -0.05) is 40.2 Å². The molecule has 0 aliphatic rings. The van der Waals surface area contributed by atoms with Crippen LogP contribution in [0.15, 0.2) is 53.0 Å². The van der Waals surface area contributed by atoms with Crippen molar-refractivity contribution in [1.29, 1.82) is 0 Å². The predicted octanol–water partition coefficient (Wildman–Crippen LogP) is 4.76. The molecule has 0 aliphatic heterocycles. The molecule has 0 radical (unpaired) electrons. The highest BCUT2D eigenvalue weighted by Crippen LogP contribution is 2.23. The summed E-state index contributed by atoms with van der Waals surface area (Å²) in [6, 6.07) is 14.8. The lowest BCUT2D eigenvalue weighted by Gasteiger charge is -2.16. The predicted molar refractivity (Wildman–Crippen MR) is 72.6 cm³/mol. The van der Waals surface area contributed by atoms with Gasteiger partial charge in [0.05, 0.1) is 6.04 Å². The van der Waals surface area contributed by atoms with Crippen LogP contribution in [0.4, 0.5) is 10.1 Å². The summed E-state index contributed by atoms with van der Waals surface area (Å²) >= 11 is 3.25.